The first-order chi connectivity index (χ1) is 20.2. The van der Waals surface area contributed by atoms with Crippen LogP contribution in [-0.2, 0) is 10.3 Å². The number of ketones is 1. The minimum Gasteiger partial charge on any atom is -0.318 e. The first-order valence-corrected chi connectivity index (χ1v) is 14.7. The van der Waals surface area contributed by atoms with Gasteiger partial charge in [-0.2, -0.15) is 0 Å². The highest BCUT2D eigenvalue weighted by Gasteiger charge is 2.38. The van der Waals surface area contributed by atoms with Crippen LogP contribution in [0.1, 0.15) is 59.9 Å². The van der Waals surface area contributed by atoms with Crippen LogP contribution in [0, 0.1) is 12.8 Å². The lowest BCUT2D eigenvalue weighted by atomic mass is 9.76. The Kier molecular flexibility index (Phi) is 7.78. The van der Waals surface area contributed by atoms with Gasteiger partial charge in [-0.05, 0) is 53.7 Å². The van der Waals surface area contributed by atoms with Gasteiger partial charge in [-0.25, -0.2) is 4.98 Å². The maximum absolute atomic E-state index is 13.0. The van der Waals surface area contributed by atoms with E-state index in [1.165, 1.54) is 6.42 Å². The van der Waals surface area contributed by atoms with Crippen LogP contribution < -0.4 is 0 Å². The molecule has 0 atom stereocenters. The van der Waals surface area contributed by atoms with Gasteiger partial charge in [0.15, 0.2) is 5.78 Å². The van der Waals surface area contributed by atoms with Crippen molar-refractivity contribution in [1.29, 1.82) is 0 Å². The van der Waals surface area contributed by atoms with Gasteiger partial charge in [0.05, 0.1) is 12.0 Å². The molecule has 5 aromatic rings. The Labute approximate surface area is 243 Å². The number of carbonyl (C=O) groups excluding carboxylic acids is 1. The van der Waals surface area contributed by atoms with Crippen molar-refractivity contribution < 1.29 is 4.79 Å². The summed E-state index contributed by atoms with van der Waals surface area (Å²) in [6.07, 6.45) is 13.5. The molecular weight excluding hydrogens is 500 g/mol. The van der Waals surface area contributed by atoms with E-state index < -0.39 is 5.54 Å². The van der Waals surface area contributed by atoms with Gasteiger partial charge in [0.25, 0.3) is 0 Å². The lowest BCUT2D eigenvalue weighted by Crippen LogP contribution is -2.36. The Morgan fingerprint density at radius 1 is 0.756 bits per heavy atom. The lowest BCUT2D eigenvalue weighted by Gasteiger charge is -2.37. The molecule has 4 aromatic carbocycles. The minimum atomic E-state index is -0.620. The highest BCUT2D eigenvalue weighted by Crippen LogP contribution is 2.42. The molecule has 204 valence electrons. The summed E-state index contributed by atoms with van der Waals surface area (Å²) in [7, 11) is 0. The van der Waals surface area contributed by atoms with Crippen LogP contribution >= 0.6 is 0 Å². The smallest absolute Gasteiger partial charge is 0.158 e. The fourth-order valence-electron chi connectivity index (χ4n) is 6.49. The summed E-state index contributed by atoms with van der Waals surface area (Å²) in [5.74, 6) is 0.412. The zero-order valence-electron chi connectivity index (χ0n) is 23.6. The molecule has 3 nitrogen and oxygen atoms in total. The van der Waals surface area contributed by atoms with E-state index in [4.69, 9.17) is 4.98 Å². The highest BCUT2D eigenvalue weighted by atomic mass is 16.1. The van der Waals surface area contributed by atoms with E-state index in [1.54, 1.807) is 6.08 Å². The van der Waals surface area contributed by atoms with Gasteiger partial charge in [0.2, 0.25) is 0 Å². The number of hydrogen-bond donors (Lipinski definition) is 0. The lowest BCUT2D eigenvalue weighted by molar-refractivity contribution is -0.119. The largest absolute Gasteiger partial charge is 0.318 e. The number of hydrogen-bond acceptors (Lipinski definition) is 2. The molecule has 1 aliphatic carbocycles. The number of nitrogens with zero attached hydrogens (tertiary/aromatic N) is 2. The zero-order chi connectivity index (χ0) is 28.1. The predicted octanol–water partition coefficient (Wildman–Crippen LogP) is 8.86. The molecule has 6 rings (SSSR count). The molecule has 41 heavy (non-hydrogen) atoms. The first kappa shape index (κ1) is 26.7. The van der Waals surface area contributed by atoms with Crippen molar-refractivity contribution in [2.75, 3.05) is 0 Å². The summed E-state index contributed by atoms with van der Waals surface area (Å²) in [4.78, 5) is 18.0. The summed E-state index contributed by atoms with van der Waals surface area (Å²) in [6, 6.07) is 38.2. The summed E-state index contributed by atoms with van der Waals surface area (Å²) in [6.45, 7) is 2.12. The minimum absolute atomic E-state index is 0.163. The van der Waals surface area contributed by atoms with E-state index in [1.807, 2.05) is 12.4 Å². The first-order valence-electron chi connectivity index (χ1n) is 14.7. The number of aryl methyl sites for hydroxylation is 1. The van der Waals surface area contributed by atoms with Crippen molar-refractivity contribution in [2.24, 2.45) is 5.92 Å². The Morgan fingerprint density at radius 2 is 1.32 bits per heavy atom. The van der Waals surface area contributed by atoms with Crippen LogP contribution in [0.25, 0.3) is 17.3 Å². The summed E-state index contributed by atoms with van der Waals surface area (Å²) >= 11 is 0. The zero-order valence-corrected chi connectivity index (χ0v) is 23.6. The Hall–Kier alpha value is -4.50. The molecule has 0 amide bonds. The normalized spacial score (nSPS) is 14.4. The number of imidazole rings is 1. The van der Waals surface area contributed by atoms with Gasteiger partial charge in [0, 0.05) is 17.7 Å². The molecule has 0 bridgehead atoms. The van der Waals surface area contributed by atoms with Crippen LogP contribution in [0.15, 0.2) is 128 Å². The van der Waals surface area contributed by atoms with E-state index >= 15 is 0 Å². The third kappa shape index (κ3) is 5.20. The van der Waals surface area contributed by atoms with Gasteiger partial charge in [-0.1, -0.05) is 135 Å². The molecule has 0 saturated heterocycles. The Morgan fingerprint density at radius 3 is 1.88 bits per heavy atom. The maximum atomic E-state index is 13.0. The maximum Gasteiger partial charge on any atom is 0.158 e. The van der Waals surface area contributed by atoms with Crippen molar-refractivity contribution in [2.45, 2.75) is 44.6 Å². The molecule has 0 unspecified atom stereocenters. The number of carbonyl (C=O) groups is 1. The van der Waals surface area contributed by atoms with Gasteiger partial charge in [-0.15, -0.1) is 0 Å². The number of benzene rings is 4. The molecule has 1 heterocycles. The monoisotopic (exact) mass is 536 g/mol. The highest BCUT2D eigenvalue weighted by molar-refractivity contribution is 5.96. The molecule has 1 aliphatic rings. The van der Waals surface area contributed by atoms with Crippen molar-refractivity contribution >= 4 is 11.9 Å². The molecular formula is C38H36N2O. The molecule has 0 radical (unpaired) electrons. The van der Waals surface area contributed by atoms with E-state index in [9.17, 15) is 4.79 Å². The fraction of sp³-hybridized carbons (Fsp3) is 0.211. The van der Waals surface area contributed by atoms with E-state index in [2.05, 4.69) is 127 Å². The van der Waals surface area contributed by atoms with E-state index in [0.717, 1.165) is 64.8 Å². The number of aromatic nitrogens is 2. The number of allylic oxidation sites excluding steroid dienone is 1. The average molecular weight is 537 g/mol. The van der Waals surface area contributed by atoms with Crippen molar-refractivity contribution in [3.05, 3.63) is 156 Å². The van der Waals surface area contributed by atoms with Gasteiger partial charge < -0.3 is 4.57 Å². The molecule has 0 spiro atoms. The summed E-state index contributed by atoms with van der Waals surface area (Å²) in [5, 5.41) is 0. The second-order valence-electron chi connectivity index (χ2n) is 11.1. The molecule has 1 saturated carbocycles. The van der Waals surface area contributed by atoms with Crippen molar-refractivity contribution in [1.82, 2.24) is 9.55 Å². The van der Waals surface area contributed by atoms with Crippen LogP contribution in [0.5, 0.6) is 0 Å². The van der Waals surface area contributed by atoms with Crippen molar-refractivity contribution in [3.8, 4) is 11.3 Å². The molecule has 1 fully saturated rings. The van der Waals surface area contributed by atoms with Crippen molar-refractivity contribution in [3.63, 3.8) is 0 Å². The summed E-state index contributed by atoms with van der Waals surface area (Å²) in [5.41, 5.74) is 6.95. The third-order valence-corrected chi connectivity index (χ3v) is 8.54. The quantitative estimate of drug-likeness (QED) is 0.147. The van der Waals surface area contributed by atoms with E-state index in [-0.39, 0.29) is 11.7 Å². The van der Waals surface area contributed by atoms with E-state index in [0.29, 0.717) is 0 Å². The van der Waals surface area contributed by atoms with Crippen LogP contribution in [0.2, 0.25) is 0 Å². The van der Waals surface area contributed by atoms with Gasteiger partial charge >= 0.3 is 0 Å². The SMILES string of the molecule is Cc1cccc(/C=C/C(=O)C2CCCCC2)c1-c1cn(C(c2ccccc2)(c2ccccc2)c2ccccc2)cn1. The molecule has 0 N–H and O–H groups in total. The third-order valence-electron chi connectivity index (χ3n) is 8.54. The Bertz CT molecular complexity index is 1530. The average Bonchev–Trinajstić information content (AvgIpc) is 3.52. The van der Waals surface area contributed by atoms with Crippen LogP contribution in [-0.4, -0.2) is 15.3 Å². The van der Waals surface area contributed by atoms with Crippen LogP contribution in [0.4, 0.5) is 0 Å². The molecule has 3 heteroatoms. The standard InChI is InChI=1S/C38H36N2O/c1-29-15-14-18-31(25-26-36(41)30-16-6-2-7-17-30)37(29)35-27-40(28-39-35)38(32-19-8-3-9-20-32,33-21-10-4-11-22-33)34-23-12-5-13-24-34/h3-5,8-15,18-28,30H,2,6-7,16-17H2,1H3/b26-25+. The summed E-state index contributed by atoms with van der Waals surface area (Å²) < 4.78 is 2.25. The van der Waals surface area contributed by atoms with Crippen LogP contribution in [0.3, 0.4) is 0 Å². The Balaban J connectivity index is 1.49. The van der Waals surface area contributed by atoms with Gasteiger partial charge in [0.1, 0.15) is 5.54 Å². The second-order valence-corrected chi connectivity index (χ2v) is 11.1. The second kappa shape index (κ2) is 11.9. The molecule has 0 aliphatic heterocycles. The topological polar surface area (TPSA) is 34.9 Å². The van der Waals surface area contributed by atoms with Gasteiger partial charge in [-0.3, -0.25) is 4.79 Å². The predicted molar refractivity (Wildman–Crippen MR) is 168 cm³/mol. The number of rotatable bonds is 8. The fourth-order valence-corrected chi connectivity index (χ4v) is 6.49. The molecule has 1 aromatic heterocycles.